The average Bonchev–Trinajstić information content (AvgIpc) is 2.14. The van der Waals surface area contributed by atoms with Crippen molar-refractivity contribution in [2.75, 3.05) is 13.1 Å². The molecular weight excluding hydrogens is 204 g/mol. The van der Waals surface area contributed by atoms with Crippen molar-refractivity contribution in [1.82, 2.24) is 10.2 Å². The van der Waals surface area contributed by atoms with Gasteiger partial charge in [0.1, 0.15) is 0 Å². The number of hydrogen-bond donors (Lipinski definition) is 1. The molecule has 0 aromatic carbocycles. The first-order valence-corrected chi connectivity index (χ1v) is 5.96. The van der Waals surface area contributed by atoms with Crippen LogP contribution in [0.4, 0.5) is 0 Å². The van der Waals surface area contributed by atoms with Gasteiger partial charge in [-0.25, -0.2) is 0 Å². The van der Waals surface area contributed by atoms with E-state index in [9.17, 15) is 9.59 Å². The highest BCUT2D eigenvalue weighted by molar-refractivity contribution is 5.78. The molecule has 92 valence electrons. The molecule has 2 unspecified atom stereocenters. The molecule has 0 spiro atoms. The fraction of sp³-hybridized carbons (Fsp3) is 0.833. The van der Waals surface area contributed by atoms with Gasteiger partial charge in [0.05, 0.1) is 0 Å². The van der Waals surface area contributed by atoms with Crippen LogP contribution >= 0.6 is 0 Å². The quantitative estimate of drug-likeness (QED) is 0.764. The number of hydrogen-bond acceptors (Lipinski definition) is 2. The van der Waals surface area contributed by atoms with Gasteiger partial charge in [0.15, 0.2) is 0 Å². The summed E-state index contributed by atoms with van der Waals surface area (Å²) in [6.07, 6.45) is 0.960. The number of carbonyl (C=O) groups is 2. The summed E-state index contributed by atoms with van der Waals surface area (Å²) >= 11 is 0. The Hall–Kier alpha value is -1.06. The van der Waals surface area contributed by atoms with Gasteiger partial charge < -0.3 is 10.2 Å². The summed E-state index contributed by atoms with van der Waals surface area (Å²) in [7, 11) is 0. The molecule has 2 amide bonds. The van der Waals surface area contributed by atoms with Gasteiger partial charge in [0.25, 0.3) is 0 Å². The number of nitrogens with zero attached hydrogens (tertiary/aromatic N) is 1. The van der Waals surface area contributed by atoms with Crippen molar-refractivity contribution in [3.8, 4) is 0 Å². The van der Waals surface area contributed by atoms with Crippen LogP contribution in [0.1, 0.15) is 34.1 Å². The van der Waals surface area contributed by atoms with E-state index in [2.05, 4.69) is 12.2 Å². The second-order valence-electron chi connectivity index (χ2n) is 5.14. The molecule has 1 aliphatic heterocycles. The molecule has 1 N–H and O–H groups in total. The Morgan fingerprint density at radius 1 is 1.31 bits per heavy atom. The van der Waals surface area contributed by atoms with Crippen molar-refractivity contribution in [3.63, 3.8) is 0 Å². The van der Waals surface area contributed by atoms with Crippen LogP contribution in [-0.4, -0.2) is 35.8 Å². The molecule has 1 saturated heterocycles. The molecule has 0 radical (unpaired) electrons. The standard InChI is InChI=1S/C12H22N2O2/c1-8(2)12(16)14-6-9(3)5-11(7-14)13-10(4)15/h8-9,11H,5-7H2,1-4H3,(H,13,15). The van der Waals surface area contributed by atoms with E-state index in [1.165, 1.54) is 6.92 Å². The van der Waals surface area contributed by atoms with Crippen molar-refractivity contribution in [2.24, 2.45) is 11.8 Å². The normalized spacial score (nSPS) is 25.7. The van der Waals surface area contributed by atoms with Gasteiger partial charge in [-0.15, -0.1) is 0 Å². The molecule has 1 rings (SSSR count). The summed E-state index contributed by atoms with van der Waals surface area (Å²) < 4.78 is 0. The van der Waals surface area contributed by atoms with E-state index in [0.29, 0.717) is 12.5 Å². The van der Waals surface area contributed by atoms with Gasteiger partial charge >= 0.3 is 0 Å². The summed E-state index contributed by atoms with van der Waals surface area (Å²) in [6, 6.07) is 0.115. The summed E-state index contributed by atoms with van der Waals surface area (Å²) in [4.78, 5) is 24.8. The zero-order chi connectivity index (χ0) is 12.3. The first kappa shape index (κ1) is 13.0. The predicted octanol–water partition coefficient (Wildman–Crippen LogP) is 1.02. The van der Waals surface area contributed by atoms with Crippen LogP contribution in [0.25, 0.3) is 0 Å². The Kier molecular flexibility index (Phi) is 4.33. The molecule has 0 aromatic heterocycles. The smallest absolute Gasteiger partial charge is 0.225 e. The third kappa shape index (κ3) is 3.51. The van der Waals surface area contributed by atoms with Gasteiger partial charge in [0, 0.05) is 32.0 Å². The van der Waals surface area contributed by atoms with E-state index in [1.807, 2.05) is 18.7 Å². The predicted molar refractivity (Wildman–Crippen MR) is 62.8 cm³/mol. The van der Waals surface area contributed by atoms with Crippen LogP contribution in [-0.2, 0) is 9.59 Å². The Labute approximate surface area is 97.4 Å². The average molecular weight is 226 g/mol. The highest BCUT2D eigenvalue weighted by Crippen LogP contribution is 2.18. The van der Waals surface area contributed by atoms with E-state index in [4.69, 9.17) is 0 Å². The third-order valence-electron chi connectivity index (χ3n) is 2.87. The molecule has 1 fully saturated rings. The highest BCUT2D eigenvalue weighted by Gasteiger charge is 2.29. The minimum Gasteiger partial charge on any atom is -0.352 e. The number of carbonyl (C=O) groups excluding carboxylic acids is 2. The van der Waals surface area contributed by atoms with E-state index < -0.39 is 0 Å². The summed E-state index contributed by atoms with van der Waals surface area (Å²) in [5.74, 6) is 0.648. The molecule has 0 bridgehead atoms. The lowest BCUT2D eigenvalue weighted by atomic mass is 9.95. The monoisotopic (exact) mass is 226 g/mol. The van der Waals surface area contributed by atoms with Gasteiger partial charge in [0.2, 0.25) is 11.8 Å². The van der Waals surface area contributed by atoms with E-state index in [-0.39, 0.29) is 23.8 Å². The molecule has 0 aliphatic carbocycles. The molecule has 0 saturated carbocycles. The van der Waals surface area contributed by atoms with Crippen molar-refractivity contribution < 1.29 is 9.59 Å². The zero-order valence-electron chi connectivity index (χ0n) is 10.6. The lowest BCUT2D eigenvalue weighted by Gasteiger charge is -2.37. The fourth-order valence-corrected chi connectivity index (χ4v) is 2.29. The van der Waals surface area contributed by atoms with Gasteiger partial charge in [-0.3, -0.25) is 9.59 Å². The van der Waals surface area contributed by atoms with Crippen LogP contribution in [0.15, 0.2) is 0 Å². The van der Waals surface area contributed by atoms with Crippen molar-refractivity contribution >= 4 is 11.8 Å². The molecule has 4 heteroatoms. The fourth-order valence-electron chi connectivity index (χ4n) is 2.29. The van der Waals surface area contributed by atoms with E-state index in [1.54, 1.807) is 0 Å². The summed E-state index contributed by atoms with van der Waals surface area (Å²) in [5.41, 5.74) is 0. The Bertz CT molecular complexity index is 276. The van der Waals surface area contributed by atoms with Gasteiger partial charge in [-0.1, -0.05) is 20.8 Å². The SMILES string of the molecule is CC(=O)NC1CC(C)CN(C(=O)C(C)C)C1. The maximum atomic E-state index is 11.9. The Morgan fingerprint density at radius 2 is 1.94 bits per heavy atom. The lowest BCUT2D eigenvalue weighted by molar-refractivity contribution is -0.137. The molecule has 2 atom stereocenters. The van der Waals surface area contributed by atoms with Gasteiger partial charge in [-0.05, 0) is 12.3 Å². The highest BCUT2D eigenvalue weighted by atomic mass is 16.2. The molecule has 4 nitrogen and oxygen atoms in total. The second-order valence-corrected chi connectivity index (χ2v) is 5.14. The molecule has 16 heavy (non-hydrogen) atoms. The van der Waals surface area contributed by atoms with Crippen molar-refractivity contribution in [2.45, 2.75) is 40.2 Å². The maximum absolute atomic E-state index is 11.9. The minimum atomic E-state index is -0.0176. The summed E-state index contributed by atoms with van der Waals surface area (Å²) in [6.45, 7) is 8.93. The Morgan fingerprint density at radius 3 is 2.44 bits per heavy atom. The van der Waals surface area contributed by atoms with Crippen LogP contribution in [0.5, 0.6) is 0 Å². The molecular formula is C12H22N2O2. The number of nitrogens with one attached hydrogen (secondary N) is 1. The maximum Gasteiger partial charge on any atom is 0.225 e. The number of piperidine rings is 1. The van der Waals surface area contributed by atoms with Crippen molar-refractivity contribution in [1.29, 1.82) is 0 Å². The van der Waals surface area contributed by atoms with E-state index in [0.717, 1.165) is 13.0 Å². The first-order valence-electron chi connectivity index (χ1n) is 5.96. The van der Waals surface area contributed by atoms with Gasteiger partial charge in [-0.2, -0.15) is 0 Å². The van der Waals surface area contributed by atoms with Crippen LogP contribution in [0.3, 0.4) is 0 Å². The van der Waals surface area contributed by atoms with Crippen LogP contribution in [0, 0.1) is 11.8 Å². The number of likely N-dealkylation sites (tertiary alicyclic amines) is 1. The minimum absolute atomic E-state index is 0.0176. The second kappa shape index (κ2) is 5.32. The third-order valence-corrected chi connectivity index (χ3v) is 2.87. The largest absolute Gasteiger partial charge is 0.352 e. The van der Waals surface area contributed by atoms with Crippen molar-refractivity contribution in [3.05, 3.63) is 0 Å². The summed E-state index contributed by atoms with van der Waals surface area (Å²) in [5, 5.41) is 2.90. The zero-order valence-corrected chi connectivity index (χ0v) is 10.6. The Balaban J connectivity index is 2.60. The van der Waals surface area contributed by atoms with Crippen LogP contribution in [0.2, 0.25) is 0 Å². The molecule has 0 aromatic rings. The number of rotatable bonds is 2. The number of amides is 2. The topological polar surface area (TPSA) is 49.4 Å². The first-order chi connectivity index (χ1) is 7.40. The van der Waals surface area contributed by atoms with E-state index >= 15 is 0 Å². The van der Waals surface area contributed by atoms with Crippen LogP contribution < -0.4 is 5.32 Å². The lowest BCUT2D eigenvalue weighted by Crippen LogP contribution is -2.52. The molecule has 1 aliphatic rings. The molecule has 1 heterocycles.